The van der Waals surface area contributed by atoms with E-state index in [1.165, 1.54) is 37.7 Å². The lowest BCUT2D eigenvalue weighted by Gasteiger charge is -2.08. The average molecular weight is 280 g/mol. The first-order chi connectivity index (χ1) is 9.02. The Kier molecular flexibility index (Phi) is 3.80. The topological polar surface area (TPSA) is 51.2 Å². The van der Waals surface area contributed by atoms with Crippen LogP contribution in [-0.4, -0.2) is 17.3 Å². The summed E-state index contributed by atoms with van der Waals surface area (Å²) in [5, 5.41) is 3.72. The van der Waals surface area contributed by atoms with Crippen LogP contribution in [0.15, 0.2) is 18.2 Å². The minimum atomic E-state index is -0.430. The van der Waals surface area contributed by atoms with Crippen molar-refractivity contribution in [2.24, 2.45) is 0 Å². The Morgan fingerprint density at radius 2 is 2.21 bits per heavy atom. The first kappa shape index (κ1) is 13.5. The van der Waals surface area contributed by atoms with Crippen LogP contribution in [-0.2, 0) is 0 Å². The van der Waals surface area contributed by atoms with Crippen molar-refractivity contribution in [1.82, 2.24) is 4.37 Å². The lowest BCUT2D eigenvalue weighted by Crippen LogP contribution is -1.99. The predicted molar refractivity (Wildman–Crippen MR) is 73.1 cm³/mol. The molecule has 1 heterocycles. The molecule has 0 atom stereocenters. The van der Waals surface area contributed by atoms with Crippen LogP contribution in [0.25, 0.3) is 0 Å². The van der Waals surface area contributed by atoms with Crippen molar-refractivity contribution in [3.05, 3.63) is 35.3 Å². The molecule has 0 aliphatic rings. The zero-order chi connectivity index (χ0) is 14.0. The van der Waals surface area contributed by atoms with E-state index in [1.807, 2.05) is 0 Å². The highest BCUT2D eigenvalue weighted by Gasteiger charge is 2.15. The molecule has 0 saturated heterocycles. The van der Waals surface area contributed by atoms with E-state index in [0.29, 0.717) is 21.9 Å². The van der Waals surface area contributed by atoms with Crippen molar-refractivity contribution in [3.63, 3.8) is 0 Å². The second-order valence-electron chi connectivity index (χ2n) is 4.00. The third kappa shape index (κ3) is 2.73. The summed E-state index contributed by atoms with van der Waals surface area (Å²) >= 11 is 1.20. The molecule has 1 N–H and O–H groups in total. The summed E-state index contributed by atoms with van der Waals surface area (Å²) in [5.74, 6) is -0.334. The highest BCUT2D eigenvalue weighted by Crippen LogP contribution is 2.30. The van der Waals surface area contributed by atoms with Crippen LogP contribution >= 0.6 is 11.5 Å². The number of aromatic nitrogens is 1. The molecule has 0 spiro atoms. The summed E-state index contributed by atoms with van der Waals surface area (Å²) in [6.07, 6.45) is 0. The van der Waals surface area contributed by atoms with Gasteiger partial charge in [0, 0.05) is 11.8 Å². The van der Waals surface area contributed by atoms with Crippen molar-refractivity contribution in [3.8, 4) is 5.75 Å². The van der Waals surface area contributed by atoms with Crippen molar-refractivity contribution in [2.45, 2.75) is 13.8 Å². The lowest BCUT2D eigenvalue weighted by atomic mass is 10.2. The Hall–Kier alpha value is -1.95. The molecule has 2 aromatic rings. The van der Waals surface area contributed by atoms with Crippen molar-refractivity contribution < 1.29 is 13.9 Å². The molecule has 0 saturated carbocycles. The molecule has 0 aliphatic heterocycles. The van der Waals surface area contributed by atoms with E-state index < -0.39 is 5.82 Å². The van der Waals surface area contributed by atoms with Crippen LogP contribution in [0.5, 0.6) is 5.75 Å². The van der Waals surface area contributed by atoms with E-state index in [-0.39, 0.29) is 11.5 Å². The third-order valence-electron chi connectivity index (χ3n) is 2.62. The molecule has 0 unspecified atom stereocenters. The van der Waals surface area contributed by atoms with Gasteiger partial charge in [-0.1, -0.05) is 0 Å². The maximum atomic E-state index is 13.3. The number of hydrogen-bond acceptors (Lipinski definition) is 5. The van der Waals surface area contributed by atoms with Crippen LogP contribution in [0.3, 0.4) is 0 Å². The van der Waals surface area contributed by atoms with Crippen LogP contribution in [0, 0.1) is 12.7 Å². The highest BCUT2D eigenvalue weighted by atomic mass is 32.1. The molecule has 0 radical (unpaired) electrons. The molecular weight excluding hydrogens is 267 g/mol. The van der Waals surface area contributed by atoms with Gasteiger partial charge >= 0.3 is 0 Å². The Balaban J connectivity index is 2.34. The summed E-state index contributed by atoms with van der Waals surface area (Å²) in [5.41, 5.74) is 1.90. The molecule has 0 amide bonds. The van der Waals surface area contributed by atoms with E-state index >= 15 is 0 Å². The van der Waals surface area contributed by atoms with Crippen LogP contribution < -0.4 is 10.1 Å². The van der Waals surface area contributed by atoms with Crippen molar-refractivity contribution >= 4 is 28.0 Å². The van der Waals surface area contributed by atoms with Crippen LogP contribution in [0.1, 0.15) is 23.0 Å². The highest BCUT2D eigenvalue weighted by molar-refractivity contribution is 7.10. The van der Waals surface area contributed by atoms with Gasteiger partial charge in [-0.15, -0.1) is 0 Å². The summed E-state index contributed by atoms with van der Waals surface area (Å²) in [6.45, 7) is 3.27. The zero-order valence-corrected chi connectivity index (χ0v) is 11.6. The minimum Gasteiger partial charge on any atom is -0.494 e. The van der Waals surface area contributed by atoms with Gasteiger partial charge in [-0.3, -0.25) is 4.79 Å². The van der Waals surface area contributed by atoms with E-state index in [0.717, 1.165) is 0 Å². The number of rotatable bonds is 4. The van der Waals surface area contributed by atoms with Gasteiger partial charge in [0.2, 0.25) is 0 Å². The summed E-state index contributed by atoms with van der Waals surface area (Å²) in [6, 6.07) is 4.42. The molecule has 0 fully saturated rings. The minimum absolute atomic E-state index is 0.0529. The Morgan fingerprint density at radius 3 is 2.84 bits per heavy atom. The fourth-order valence-electron chi connectivity index (χ4n) is 1.74. The largest absolute Gasteiger partial charge is 0.494 e. The number of hydrogen-bond donors (Lipinski definition) is 1. The number of halogens is 1. The van der Waals surface area contributed by atoms with E-state index in [9.17, 15) is 9.18 Å². The van der Waals surface area contributed by atoms with Gasteiger partial charge in [-0.25, -0.2) is 4.39 Å². The number of aryl methyl sites for hydroxylation is 1. The number of ketones is 1. The fourth-order valence-corrected chi connectivity index (χ4v) is 2.60. The second-order valence-corrected chi connectivity index (χ2v) is 4.78. The summed E-state index contributed by atoms with van der Waals surface area (Å²) < 4.78 is 22.4. The Bertz CT molecular complexity index is 625. The van der Waals surface area contributed by atoms with Gasteiger partial charge in [0.1, 0.15) is 5.00 Å². The standard InChI is InChI=1S/C13H13FN2O2S/c1-7-12(8(2)17)13(19-16-7)15-9-4-5-10(14)11(6-9)18-3/h4-6,15H,1-3H3. The molecule has 4 nitrogen and oxygen atoms in total. The normalized spacial score (nSPS) is 10.3. The van der Waals surface area contributed by atoms with E-state index in [2.05, 4.69) is 9.69 Å². The Morgan fingerprint density at radius 1 is 1.47 bits per heavy atom. The number of methoxy groups -OCH3 is 1. The number of carbonyl (C=O) groups excluding carboxylic acids is 1. The summed E-state index contributed by atoms with van der Waals surface area (Å²) in [4.78, 5) is 11.6. The lowest BCUT2D eigenvalue weighted by molar-refractivity contribution is 0.101. The molecular formula is C13H13FN2O2S. The quantitative estimate of drug-likeness (QED) is 0.870. The smallest absolute Gasteiger partial charge is 0.165 e. The predicted octanol–water partition coefficient (Wildman–Crippen LogP) is 3.55. The number of nitrogens with one attached hydrogen (secondary N) is 1. The SMILES string of the molecule is COc1cc(Nc2snc(C)c2C(C)=O)ccc1F. The number of benzene rings is 1. The fraction of sp³-hybridized carbons (Fsp3) is 0.231. The number of Topliss-reactive ketones (excluding diaryl/α,β-unsaturated/α-hetero) is 1. The van der Waals surface area contributed by atoms with Crippen LogP contribution in [0.4, 0.5) is 15.1 Å². The van der Waals surface area contributed by atoms with Gasteiger partial charge in [0.25, 0.3) is 0 Å². The molecule has 0 bridgehead atoms. The number of carbonyl (C=O) groups is 1. The van der Waals surface area contributed by atoms with Crippen LogP contribution in [0.2, 0.25) is 0 Å². The first-order valence-electron chi connectivity index (χ1n) is 5.60. The first-order valence-corrected chi connectivity index (χ1v) is 6.38. The van der Waals surface area contributed by atoms with Crippen molar-refractivity contribution in [1.29, 1.82) is 0 Å². The molecule has 6 heteroatoms. The number of ether oxygens (including phenoxy) is 1. The molecule has 1 aromatic heterocycles. The molecule has 1 aromatic carbocycles. The van der Waals surface area contributed by atoms with Gasteiger partial charge < -0.3 is 10.1 Å². The zero-order valence-electron chi connectivity index (χ0n) is 10.8. The number of anilines is 2. The average Bonchev–Trinajstić information content (AvgIpc) is 2.73. The van der Waals surface area contributed by atoms with Gasteiger partial charge in [-0.2, -0.15) is 4.37 Å². The van der Waals surface area contributed by atoms with Gasteiger partial charge in [-0.05, 0) is 37.5 Å². The molecule has 2 rings (SSSR count). The maximum absolute atomic E-state index is 13.3. The van der Waals surface area contributed by atoms with Gasteiger partial charge in [0.05, 0.1) is 18.4 Å². The molecule has 100 valence electrons. The number of nitrogens with zero attached hydrogens (tertiary/aromatic N) is 1. The van der Waals surface area contributed by atoms with Gasteiger partial charge in [0.15, 0.2) is 17.3 Å². The maximum Gasteiger partial charge on any atom is 0.165 e. The molecule has 19 heavy (non-hydrogen) atoms. The van der Waals surface area contributed by atoms with Crippen molar-refractivity contribution in [2.75, 3.05) is 12.4 Å². The third-order valence-corrected chi connectivity index (χ3v) is 3.48. The summed E-state index contributed by atoms with van der Waals surface area (Å²) in [7, 11) is 1.40. The molecule has 0 aliphatic carbocycles. The van der Waals surface area contributed by atoms with E-state index in [1.54, 1.807) is 13.0 Å². The second kappa shape index (κ2) is 5.36. The van der Waals surface area contributed by atoms with E-state index in [4.69, 9.17) is 4.74 Å². The monoisotopic (exact) mass is 280 g/mol. The Labute approximate surface area is 114 Å².